The average Bonchev–Trinajstić information content (AvgIpc) is 2.39. The first kappa shape index (κ1) is 13.8. The Hall–Kier alpha value is -1.12. The largest absolute Gasteiger partial charge is 0.384 e. The van der Waals surface area contributed by atoms with Gasteiger partial charge in [0, 0.05) is 4.47 Å². The molecular formula is C18H19BrO. The molecule has 0 heterocycles. The van der Waals surface area contributed by atoms with Crippen LogP contribution < -0.4 is 0 Å². The lowest BCUT2D eigenvalue weighted by molar-refractivity contribution is 0.220. The van der Waals surface area contributed by atoms with E-state index < -0.39 is 6.10 Å². The predicted molar refractivity (Wildman–Crippen MR) is 86.0 cm³/mol. The maximum atomic E-state index is 10.6. The van der Waals surface area contributed by atoms with Crippen molar-refractivity contribution < 1.29 is 5.11 Å². The molecule has 0 amide bonds. The van der Waals surface area contributed by atoms with E-state index in [9.17, 15) is 5.11 Å². The third-order valence-electron chi connectivity index (χ3n) is 4.31. The van der Waals surface area contributed by atoms with Crippen molar-refractivity contribution in [2.24, 2.45) is 0 Å². The van der Waals surface area contributed by atoms with Crippen molar-refractivity contribution in [1.82, 2.24) is 0 Å². The van der Waals surface area contributed by atoms with Gasteiger partial charge in [0.2, 0.25) is 0 Å². The van der Waals surface area contributed by atoms with Crippen LogP contribution in [0.4, 0.5) is 0 Å². The number of benzene rings is 2. The molecule has 20 heavy (non-hydrogen) atoms. The highest BCUT2D eigenvalue weighted by atomic mass is 79.9. The number of aryl methyl sites for hydroxylation is 1. The minimum Gasteiger partial charge on any atom is -0.384 e. The molecule has 0 aromatic heterocycles. The van der Waals surface area contributed by atoms with E-state index in [1.807, 2.05) is 24.3 Å². The highest BCUT2D eigenvalue weighted by Gasteiger charge is 2.20. The molecular weight excluding hydrogens is 312 g/mol. The van der Waals surface area contributed by atoms with Crippen LogP contribution >= 0.6 is 15.9 Å². The molecule has 1 nitrogen and oxygen atoms in total. The second-order valence-electron chi connectivity index (χ2n) is 5.71. The van der Waals surface area contributed by atoms with E-state index in [0.717, 1.165) is 15.6 Å². The molecule has 1 saturated carbocycles. The third-order valence-corrected chi connectivity index (χ3v) is 5.17. The zero-order valence-corrected chi connectivity index (χ0v) is 13.2. The Balaban J connectivity index is 1.89. The quantitative estimate of drug-likeness (QED) is 0.829. The number of aliphatic hydroxyl groups excluding tert-OH is 1. The summed E-state index contributed by atoms with van der Waals surface area (Å²) in [5, 5.41) is 10.6. The molecule has 1 atom stereocenters. The minimum absolute atomic E-state index is 0.549. The van der Waals surface area contributed by atoms with Gasteiger partial charge in [0.15, 0.2) is 0 Å². The topological polar surface area (TPSA) is 20.2 Å². The summed E-state index contributed by atoms with van der Waals surface area (Å²) in [6.07, 6.45) is 3.36. The van der Waals surface area contributed by atoms with Crippen molar-refractivity contribution >= 4 is 15.9 Å². The monoisotopic (exact) mass is 330 g/mol. The van der Waals surface area contributed by atoms with Gasteiger partial charge < -0.3 is 5.11 Å². The van der Waals surface area contributed by atoms with Crippen molar-refractivity contribution in [3.63, 3.8) is 0 Å². The molecule has 3 rings (SSSR count). The Labute approximate surface area is 128 Å². The average molecular weight is 331 g/mol. The molecule has 1 aliphatic carbocycles. The summed E-state index contributed by atoms with van der Waals surface area (Å²) in [6, 6.07) is 14.5. The van der Waals surface area contributed by atoms with Crippen molar-refractivity contribution in [3.8, 4) is 0 Å². The second kappa shape index (κ2) is 5.71. The van der Waals surface area contributed by atoms with Gasteiger partial charge >= 0.3 is 0 Å². The summed E-state index contributed by atoms with van der Waals surface area (Å²) in [5.41, 5.74) is 4.49. The van der Waals surface area contributed by atoms with Crippen LogP contribution in [0.3, 0.4) is 0 Å². The van der Waals surface area contributed by atoms with Gasteiger partial charge in [-0.05, 0) is 54.0 Å². The van der Waals surface area contributed by atoms with Crippen LogP contribution in [0.25, 0.3) is 0 Å². The molecule has 104 valence electrons. The molecule has 0 bridgehead atoms. The van der Waals surface area contributed by atoms with Gasteiger partial charge in [0.25, 0.3) is 0 Å². The van der Waals surface area contributed by atoms with Crippen LogP contribution in [0.5, 0.6) is 0 Å². The highest BCUT2D eigenvalue weighted by Crippen LogP contribution is 2.37. The molecule has 0 aliphatic heterocycles. The normalized spacial score (nSPS) is 16.8. The summed E-state index contributed by atoms with van der Waals surface area (Å²) in [7, 11) is 0. The van der Waals surface area contributed by atoms with Crippen LogP contribution in [0.2, 0.25) is 0 Å². The Kier molecular flexibility index (Phi) is 3.95. The lowest BCUT2D eigenvalue weighted by atomic mass is 9.79. The maximum absolute atomic E-state index is 10.6. The molecule has 1 fully saturated rings. The van der Waals surface area contributed by atoms with Gasteiger partial charge in [0.1, 0.15) is 6.10 Å². The van der Waals surface area contributed by atoms with Crippen LogP contribution in [-0.2, 0) is 0 Å². The molecule has 0 radical (unpaired) electrons. The maximum Gasteiger partial charge on any atom is 0.104 e. The first-order valence-electron chi connectivity index (χ1n) is 7.19. The Morgan fingerprint density at radius 3 is 2.50 bits per heavy atom. The second-order valence-corrected chi connectivity index (χ2v) is 6.56. The van der Waals surface area contributed by atoms with Gasteiger partial charge in [-0.15, -0.1) is 0 Å². The molecule has 1 aliphatic rings. The molecule has 0 saturated heterocycles. The summed E-state index contributed by atoms with van der Waals surface area (Å²) in [4.78, 5) is 0. The van der Waals surface area contributed by atoms with E-state index in [0.29, 0.717) is 5.92 Å². The standard InChI is InChI=1S/C18H19BrO/c1-12-8-9-16(11-17(12)19)18(20)15-7-3-6-14(10-15)13-4-2-5-13/h3,6-11,13,18,20H,2,4-5H2,1H3. The van der Waals surface area contributed by atoms with Crippen molar-refractivity contribution in [1.29, 1.82) is 0 Å². The Morgan fingerprint density at radius 2 is 1.85 bits per heavy atom. The molecule has 2 aromatic rings. The molecule has 2 heteroatoms. The van der Waals surface area contributed by atoms with E-state index in [-0.39, 0.29) is 0 Å². The zero-order chi connectivity index (χ0) is 14.1. The minimum atomic E-state index is -0.549. The number of halogens is 1. The SMILES string of the molecule is Cc1ccc(C(O)c2cccc(C3CCC3)c2)cc1Br. The van der Waals surface area contributed by atoms with Crippen LogP contribution in [0.1, 0.15) is 53.5 Å². The number of hydrogen-bond donors (Lipinski definition) is 1. The van der Waals surface area contributed by atoms with E-state index >= 15 is 0 Å². The summed E-state index contributed by atoms with van der Waals surface area (Å²) in [5.74, 6) is 0.701. The summed E-state index contributed by atoms with van der Waals surface area (Å²) in [6.45, 7) is 2.05. The number of rotatable bonds is 3. The van der Waals surface area contributed by atoms with E-state index in [1.54, 1.807) is 0 Å². The fourth-order valence-corrected chi connectivity index (χ4v) is 3.09. The lowest BCUT2D eigenvalue weighted by Gasteiger charge is -2.26. The lowest BCUT2D eigenvalue weighted by Crippen LogP contribution is -2.09. The van der Waals surface area contributed by atoms with Crippen molar-refractivity contribution in [2.75, 3.05) is 0 Å². The Morgan fingerprint density at radius 1 is 1.10 bits per heavy atom. The van der Waals surface area contributed by atoms with Crippen LogP contribution in [0, 0.1) is 6.92 Å². The Bertz CT molecular complexity index is 617. The molecule has 0 spiro atoms. The predicted octanol–water partition coefficient (Wildman–Crippen LogP) is 5.11. The fraction of sp³-hybridized carbons (Fsp3) is 0.333. The van der Waals surface area contributed by atoms with Gasteiger partial charge in [0.05, 0.1) is 0 Å². The highest BCUT2D eigenvalue weighted by molar-refractivity contribution is 9.10. The number of hydrogen-bond acceptors (Lipinski definition) is 1. The van der Waals surface area contributed by atoms with E-state index in [1.165, 1.54) is 30.4 Å². The first-order valence-corrected chi connectivity index (χ1v) is 7.98. The van der Waals surface area contributed by atoms with Crippen molar-refractivity contribution in [3.05, 3.63) is 69.2 Å². The van der Waals surface area contributed by atoms with Crippen molar-refractivity contribution in [2.45, 2.75) is 38.2 Å². The summed E-state index contributed by atoms with van der Waals surface area (Å²) < 4.78 is 1.05. The van der Waals surface area contributed by atoms with Crippen LogP contribution in [-0.4, -0.2) is 5.11 Å². The van der Waals surface area contributed by atoms with Gasteiger partial charge in [-0.1, -0.05) is 58.7 Å². The molecule has 1 unspecified atom stereocenters. The van der Waals surface area contributed by atoms with E-state index in [2.05, 4.69) is 41.1 Å². The van der Waals surface area contributed by atoms with Gasteiger partial charge in [-0.25, -0.2) is 0 Å². The molecule has 2 aromatic carbocycles. The summed E-state index contributed by atoms with van der Waals surface area (Å²) >= 11 is 3.53. The first-order chi connectivity index (χ1) is 9.65. The third kappa shape index (κ3) is 2.68. The van der Waals surface area contributed by atoms with Gasteiger partial charge in [-0.3, -0.25) is 0 Å². The molecule has 1 N–H and O–H groups in total. The van der Waals surface area contributed by atoms with E-state index in [4.69, 9.17) is 0 Å². The zero-order valence-electron chi connectivity index (χ0n) is 11.6. The smallest absolute Gasteiger partial charge is 0.104 e. The fourth-order valence-electron chi connectivity index (χ4n) is 2.70. The number of aliphatic hydroxyl groups is 1. The van der Waals surface area contributed by atoms with Crippen LogP contribution in [0.15, 0.2) is 46.9 Å². The van der Waals surface area contributed by atoms with Gasteiger partial charge in [-0.2, -0.15) is 0 Å².